The van der Waals surface area contributed by atoms with E-state index in [0.29, 0.717) is 16.7 Å². The Bertz CT molecular complexity index is 613. The van der Waals surface area contributed by atoms with Crippen molar-refractivity contribution < 1.29 is 4.79 Å². The van der Waals surface area contributed by atoms with Crippen molar-refractivity contribution in [3.8, 4) is 0 Å². The van der Waals surface area contributed by atoms with Crippen molar-refractivity contribution in [3.63, 3.8) is 0 Å². The number of carbonyl (C=O) groups is 1. The molecule has 3 rings (SSSR count). The molecule has 0 aliphatic heterocycles. The zero-order chi connectivity index (χ0) is 13.4. The van der Waals surface area contributed by atoms with Gasteiger partial charge in [0.2, 0.25) is 0 Å². The van der Waals surface area contributed by atoms with Crippen LogP contribution in [-0.2, 0) is 6.42 Å². The van der Waals surface area contributed by atoms with Crippen LogP contribution in [0, 0.1) is 0 Å². The number of nitrogens with zero attached hydrogens (tertiary/aromatic N) is 2. The number of aromatic amines is 1. The van der Waals surface area contributed by atoms with Crippen molar-refractivity contribution in [2.75, 3.05) is 11.1 Å². The molecule has 1 saturated carbocycles. The van der Waals surface area contributed by atoms with Crippen LogP contribution in [0.1, 0.15) is 47.6 Å². The van der Waals surface area contributed by atoms with Crippen molar-refractivity contribution >= 4 is 28.1 Å². The summed E-state index contributed by atoms with van der Waals surface area (Å²) in [5.41, 5.74) is 8.37. The largest absolute Gasteiger partial charge is 0.395 e. The van der Waals surface area contributed by atoms with Gasteiger partial charge >= 0.3 is 0 Å². The molecule has 0 aromatic carbocycles. The highest BCUT2D eigenvalue weighted by atomic mass is 32.1. The molecular formula is C12H15N5OS. The molecule has 0 bridgehead atoms. The van der Waals surface area contributed by atoms with E-state index in [2.05, 4.69) is 20.5 Å². The summed E-state index contributed by atoms with van der Waals surface area (Å²) < 4.78 is 0. The summed E-state index contributed by atoms with van der Waals surface area (Å²) in [6.07, 6.45) is 3.11. The lowest BCUT2D eigenvalue weighted by atomic mass is 10.2. The van der Waals surface area contributed by atoms with Crippen LogP contribution in [0.4, 0.5) is 10.8 Å². The summed E-state index contributed by atoms with van der Waals surface area (Å²) in [6, 6.07) is 0. The lowest BCUT2D eigenvalue weighted by Gasteiger charge is -1.99. The molecule has 4 N–H and O–H groups in total. The first kappa shape index (κ1) is 12.2. The molecule has 19 heavy (non-hydrogen) atoms. The Balaban J connectivity index is 1.74. The zero-order valence-electron chi connectivity index (χ0n) is 10.6. The molecule has 1 amide bonds. The number of hydrogen-bond donors (Lipinski definition) is 3. The smallest absolute Gasteiger partial charge is 0.280 e. The second-order valence-corrected chi connectivity index (χ2v) is 5.48. The monoisotopic (exact) mass is 277 g/mol. The van der Waals surface area contributed by atoms with Crippen LogP contribution >= 0.6 is 11.3 Å². The molecule has 1 fully saturated rings. The average Bonchev–Trinajstić information content (AvgIpc) is 3.03. The maximum absolute atomic E-state index is 12.1. The summed E-state index contributed by atoms with van der Waals surface area (Å²) in [5, 5.41) is 12.1. The van der Waals surface area contributed by atoms with E-state index in [0.717, 1.165) is 17.8 Å². The third-order valence-electron chi connectivity index (χ3n) is 3.19. The number of aryl methyl sites for hydroxylation is 1. The molecule has 0 spiro atoms. The molecule has 0 unspecified atom stereocenters. The lowest BCUT2D eigenvalue weighted by Crippen LogP contribution is -2.14. The van der Waals surface area contributed by atoms with E-state index < -0.39 is 0 Å². The second-order valence-electron chi connectivity index (χ2n) is 4.62. The van der Waals surface area contributed by atoms with Gasteiger partial charge < -0.3 is 5.73 Å². The van der Waals surface area contributed by atoms with Gasteiger partial charge in [-0.3, -0.25) is 15.2 Å². The highest BCUT2D eigenvalue weighted by Gasteiger charge is 2.26. The first-order valence-electron chi connectivity index (χ1n) is 6.28. The van der Waals surface area contributed by atoms with Gasteiger partial charge in [-0.15, -0.1) is 11.3 Å². The van der Waals surface area contributed by atoms with Gasteiger partial charge in [-0.05, 0) is 19.3 Å². The molecule has 2 aromatic heterocycles. The highest BCUT2D eigenvalue weighted by Crippen LogP contribution is 2.40. The fraction of sp³-hybridized carbons (Fsp3) is 0.417. The van der Waals surface area contributed by atoms with Crippen LogP contribution in [0.5, 0.6) is 0 Å². The lowest BCUT2D eigenvalue weighted by molar-refractivity contribution is 0.102. The Morgan fingerprint density at radius 2 is 2.42 bits per heavy atom. The Kier molecular flexibility index (Phi) is 2.98. The maximum Gasteiger partial charge on any atom is 0.280 e. The number of rotatable bonds is 4. The van der Waals surface area contributed by atoms with E-state index in [-0.39, 0.29) is 11.6 Å². The molecule has 7 heteroatoms. The van der Waals surface area contributed by atoms with Crippen molar-refractivity contribution in [1.29, 1.82) is 0 Å². The van der Waals surface area contributed by atoms with Crippen molar-refractivity contribution in [2.24, 2.45) is 0 Å². The van der Waals surface area contributed by atoms with Gasteiger partial charge in [-0.25, -0.2) is 4.98 Å². The van der Waals surface area contributed by atoms with Crippen LogP contribution < -0.4 is 11.1 Å². The zero-order valence-corrected chi connectivity index (χ0v) is 11.4. The van der Waals surface area contributed by atoms with Gasteiger partial charge in [-0.2, -0.15) is 5.10 Å². The number of nitrogens with two attached hydrogens (primary N) is 1. The number of thiazole rings is 1. The highest BCUT2D eigenvalue weighted by molar-refractivity contribution is 7.14. The second kappa shape index (κ2) is 4.65. The summed E-state index contributed by atoms with van der Waals surface area (Å²) in [4.78, 5) is 16.5. The molecule has 2 aromatic rings. The van der Waals surface area contributed by atoms with Crippen molar-refractivity contribution in [1.82, 2.24) is 15.2 Å². The van der Waals surface area contributed by atoms with E-state index >= 15 is 0 Å². The predicted octanol–water partition coefficient (Wildman–Crippen LogP) is 2.14. The van der Waals surface area contributed by atoms with Gasteiger partial charge in [0.1, 0.15) is 0 Å². The quantitative estimate of drug-likeness (QED) is 0.797. The normalized spacial score (nSPS) is 14.6. The first-order chi connectivity index (χ1) is 9.19. The van der Waals surface area contributed by atoms with Crippen LogP contribution in [0.15, 0.2) is 5.38 Å². The van der Waals surface area contributed by atoms with Gasteiger partial charge in [0.25, 0.3) is 5.91 Å². The molecule has 0 atom stereocenters. The van der Waals surface area contributed by atoms with Crippen LogP contribution in [0.2, 0.25) is 0 Å². The summed E-state index contributed by atoms with van der Waals surface area (Å²) in [5.74, 6) is 0.272. The fourth-order valence-electron chi connectivity index (χ4n) is 1.90. The molecule has 0 radical (unpaired) electrons. The molecule has 6 nitrogen and oxygen atoms in total. The van der Waals surface area contributed by atoms with E-state index in [1.54, 1.807) is 0 Å². The Hall–Kier alpha value is -1.89. The topological polar surface area (TPSA) is 96.7 Å². The SMILES string of the molecule is CCc1[nH]nc(C(=O)Nc2nc(C3CC3)cs2)c1N. The van der Waals surface area contributed by atoms with E-state index in [1.165, 1.54) is 24.2 Å². The third-order valence-corrected chi connectivity index (χ3v) is 3.97. The summed E-state index contributed by atoms with van der Waals surface area (Å²) >= 11 is 1.44. The molecule has 2 heterocycles. The Morgan fingerprint density at radius 1 is 1.63 bits per heavy atom. The Labute approximate surface area is 114 Å². The number of hydrogen-bond acceptors (Lipinski definition) is 5. The van der Waals surface area contributed by atoms with Crippen molar-refractivity contribution in [3.05, 3.63) is 22.5 Å². The van der Waals surface area contributed by atoms with Gasteiger partial charge in [0.15, 0.2) is 10.8 Å². The fourth-order valence-corrected chi connectivity index (χ4v) is 2.68. The third kappa shape index (κ3) is 2.33. The maximum atomic E-state index is 12.1. The number of H-pyrrole nitrogens is 1. The van der Waals surface area contributed by atoms with E-state index in [9.17, 15) is 4.79 Å². The number of nitrogens with one attached hydrogen (secondary N) is 2. The molecule has 100 valence electrons. The van der Waals surface area contributed by atoms with Crippen LogP contribution in [0.25, 0.3) is 0 Å². The minimum Gasteiger partial charge on any atom is -0.395 e. The van der Waals surface area contributed by atoms with Gasteiger partial charge in [0.05, 0.1) is 17.1 Å². The molecule has 1 aliphatic carbocycles. The van der Waals surface area contributed by atoms with Gasteiger partial charge in [0, 0.05) is 11.3 Å². The standard InChI is InChI=1S/C12H15N5OS/c1-2-7-9(13)10(17-16-7)11(18)15-12-14-8(5-19-12)6-3-4-6/h5-6H,2-4,13H2,1H3,(H,16,17)(H,14,15,18). The number of nitrogen functional groups attached to an aromatic ring is 1. The number of carbonyl (C=O) groups excluding carboxylic acids is 1. The van der Waals surface area contributed by atoms with E-state index in [1.807, 2.05) is 12.3 Å². The van der Waals surface area contributed by atoms with Crippen LogP contribution in [-0.4, -0.2) is 21.1 Å². The van der Waals surface area contributed by atoms with Gasteiger partial charge in [-0.1, -0.05) is 6.92 Å². The summed E-state index contributed by atoms with van der Waals surface area (Å²) in [7, 11) is 0. The van der Waals surface area contributed by atoms with Crippen molar-refractivity contribution in [2.45, 2.75) is 32.1 Å². The predicted molar refractivity (Wildman–Crippen MR) is 74.4 cm³/mol. The Morgan fingerprint density at radius 3 is 3.05 bits per heavy atom. The van der Waals surface area contributed by atoms with Crippen LogP contribution in [0.3, 0.4) is 0 Å². The molecular weight excluding hydrogens is 262 g/mol. The number of amides is 1. The minimum atomic E-state index is -0.315. The molecule has 0 saturated heterocycles. The minimum absolute atomic E-state index is 0.236. The average molecular weight is 277 g/mol. The van der Waals surface area contributed by atoms with E-state index in [4.69, 9.17) is 5.73 Å². The molecule has 1 aliphatic rings. The summed E-state index contributed by atoms with van der Waals surface area (Å²) in [6.45, 7) is 1.95. The number of aromatic nitrogens is 3. The first-order valence-corrected chi connectivity index (χ1v) is 7.16. The number of anilines is 2.